The van der Waals surface area contributed by atoms with E-state index in [9.17, 15) is 9.59 Å². The normalized spacial score (nSPS) is 29.2. The number of rotatable bonds is 0. The Morgan fingerprint density at radius 3 is 2.52 bits per heavy atom. The maximum atomic E-state index is 12.6. The number of amides is 2. The van der Waals surface area contributed by atoms with Gasteiger partial charge in [-0.05, 0) is 54.0 Å². The Morgan fingerprint density at radius 2 is 1.95 bits per heavy atom. The fraction of sp³-hybridized carbons (Fsp3) is 0.867. The summed E-state index contributed by atoms with van der Waals surface area (Å²) < 4.78 is 5.51. The standard InChI is InChI=1S/C15H27N3O3/c1-13(2,3)21-12(20)18-9-8-16-11(19)15(18)6-7-17-14(4,5)10-15/h17H,6-10H2,1-5H3,(H,16,19). The van der Waals surface area contributed by atoms with Crippen LogP contribution < -0.4 is 10.6 Å². The molecule has 1 atom stereocenters. The summed E-state index contributed by atoms with van der Waals surface area (Å²) in [7, 11) is 0. The Balaban J connectivity index is 2.29. The molecule has 0 saturated carbocycles. The van der Waals surface area contributed by atoms with Crippen LogP contribution in [0.1, 0.15) is 47.5 Å². The molecule has 1 spiro atoms. The molecule has 1 unspecified atom stereocenters. The van der Waals surface area contributed by atoms with E-state index in [-0.39, 0.29) is 11.4 Å². The van der Waals surface area contributed by atoms with Gasteiger partial charge in [-0.25, -0.2) is 4.79 Å². The van der Waals surface area contributed by atoms with Gasteiger partial charge in [-0.2, -0.15) is 0 Å². The second-order valence-corrected chi connectivity index (χ2v) is 7.66. The van der Waals surface area contributed by atoms with E-state index < -0.39 is 17.2 Å². The lowest BCUT2D eigenvalue weighted by Gasteiger charge is -2.52. The highest BCUT2D eigenvalue weighted by Crippen LogP contribution is 2.36. The molecule has 2 fully saturated rings. The van der Waals surface area contributed by atoms with Crippen LogP contribution in [0.4, 0.5) is 4.79 Å². The number of piperazine rings is 1. The van der Waals surface area contributed by atoms with Crippen molar-refractivity contribution in [1.29, 1.82) is 0 Å². The van der Waals surface area contributed by atoms with Crippen LogP contribution in [0.5, 0.6) is 0 Å². The third-order valence-electron chi connectivity index (χ3n) is 4.05. The van der Waals surface area contributed by atoms with Gasteiger partial charge in [0, 0.05) is 18.6 Å². The molecule has 0 aromatic rings. The number of carbonyl (C=O) groups is 2. The summed E-state index contributed by atoms with van der Waals surface area (Å²) in [6, 6.07) is 0. The lowest BCUT2D eigenvalue weighted by atomic mass is 9.75. The largest absolute Gasteiger partial charge is 0.444 e. The van der Waals surface area contributed by atoms with E-state index in [1.54, 1.807) is 4.90 Å². The third-order valence-corrected chi connectivity index (χ3v) is 4.05. The van der Waals surface area contributed by atoms with Crippen LogP contribution in [0.3, 0.4) is 0 Å². The smallest absolute Gasteiger partial charge is 0.411 e. The van der Waals surface area contributed by atoms with Crippen LogP contribution >= 0.6 is 0 Å². The van der Waals surface area contributed by atoms with E-state index in [1.165, 1.54) is 0 Å². The molecule has 0 bridgehead atoms. The number of carbonyl (C=O) groups excluding carboxylic acids is 2. The number of hydrogen-bond acceptors (Lipinski definition) is 4. The van der Waals surface area contributed by atoms with Gasteiger partial charge in [0.05, 0.1) is 0 Å². The number of nitrogens with one attached hydrogen (secondary N) is 2. The minimum Gasteiger partial charge on any atom is -0.444 e. The van der Waals surface area contributed by atoms with Gasteiger partial charge in [0.1, 0.15) is 11.1 Å². The van der Waals surface area contributed by atoms with Crippen molar-refractivity contribution < 1.29 is 14.3 Å². The van der Waals surface area contributed by atoms with Crippen LogP contribution in [0.15, 0.2) is 0 Å². The molecule has 2 rings (SSSR count). The van der Waals surface area contributed by atoms with Crippen molar-refractivity contribution in [3.8, 4) is 0 Å². The highest BCUT2D eigenvalue weighted by Gasteiger charge is 2.53. The molecular weight excluding hydrogens is 270 g/mol. The van der Waals surface area contributed by atoms with Crippen molar-refractivity contribution in [2.24, 2.45) is 0 Å². The maximum absolute atomic E-state index is 12.6. The lowest BCUT2D eigenvalue weighted by Crippen LogP contribution is -2.72. The van der Waals surface area contributed by atoms with E-state index in [0.29, 0.717) is 32.5 Å². The number of ether oxygens (including phenoxy) is 1. The van der Waals surface area contributed by atoms with Crippen LogP contribution in [0.25, 0.3) is 0 Å². The van der Waals surface area contributed by atoms with Gasteiger partial charge in [-0.15, -0.1) is 0 Å². The molecule has 2 N–H and O–H groups in total. The summed E-state index contributed by atoms with van der Waals surface area (Å²) in [6.45, 7) is 11.3. The molecule has 2 saturated heterocycles. The molecule has 0 aliphatic carbocycles. The Kier molecular flexibility index (Phi) is 3.95. The quantitative estimate of drug-likeness (QED) is 0.706. The molecule has 2 heterocycles. The van der Waals surface area contributed by atoms with E-state index in [4.69, 9.17) is 4.74 Å². The number of nitrogens with zero attached hydrogens (tertiary/aromatic N) is 1. The summed E-state index contributed by atoms with van der Waals surface area (Å²) in [4.78, 5) is 26.7. The van der Waals surface area contributed by atoms with Crippen molar-refractivity contribution in [2.45, 2.75) is 64.1 Å². The van der Waals surface area contributed by atoms with E-state index in [2.05, 4.69) is 24.5 Å². The van der Waals surface area contributed by atoms with Crippen LogP contribution in [0.2, 0.25) is 0 Å². The van der Waals surface area contributed by atoms with Crippen molar-refractivity contribution in [2.75, 3.05) is 19.6 Å². The molecular formula is C15H27N3O3. The summed E-state index contributed by atoms with van der Waals surface area (Å²) in [5.41, 5.74) is -1.54. The van der Waals surface area contributed by atoms with Crippen LogP contribution in [-0.4, -0.2) is 53.2 Å². The van der Waals surface area contributed by atoms with Crippen LogP contribution in [0, 0.1) is 0 Å². The lowest BCUT2D eigenvalue weighted by molar-refractivity contribution is -0.141. The van der Waals surface area contributed by atoms with Gasteiger partial charge < -0.3 is 15.4 Å². The highest BCUT2D eigenvalue weighted by molar-refractivity contribution is 5.91. The van der Waals surface area contributed by atoms with Crippen LogP contribution in [-0.2, 0) is 9.53 Å². The SMILES string of the molecule is CC1(C)CC2(CCN1)C(=O)NCCN2C(=O)OC(C)(C)C. The number of piperidine rings is 1. The number of hydrogen-bond donors (Lipinski definition) is 2. The van der Waals surface area contributed by atoms with Crippen molar-refractivity contribution in [3.63, 3.8) is 0 Å². The summed E-state index contributed by atoms with van der Waals surface area (Å²) in [5.74, 6) is -0.0609. The highest BCUT2D eigenvalue weighted by atomic mass is 16.6. The molecule has 0 aromatic heterocycles. The Labute approximate surface area is 126 Å². The van der Waals surface area contributed by atoms with Gasteiger partial charge in [0.25, 0.3) is 0 Å². The molecule has 21 heavy (non-hydrogen) atoms. The second kappa shape index (κ2) is 5.16. The summed E-state index contributed by atoms with van der Waals surface area (Å²) in [6.07, 6.45) is 0.808. The average molecular weight is 297 g/mol. The monoisotopic (exact) mass is 297 g/mol. The summed E-state index contributed by atoms with van der Waals surface area (Å²) in [5, 5.41) is 6.31. The topological polar surface area (TPSA) is 70.7 Å². The Hall–Kier alpha value is -1.30. The van der Waals surface area contributed by atoms with Gasteiger partial charge in [0.2, 0.25) is 5.91 Å². The Morgan fingerprint density at radius 1 is 1.29 bits per heavy atom. The maximum Gasteiger partial charge on any atom is 0.411 e. The molecule has 6 heteroatoms. The minimum absolute atomic E-state index is 0.0609. The zero-order valence-corrected chi connectivity index (χ0v) is 13.7. The van der Waals surface area contributed by atoms with E-state index >= 15 is 0 Å². The molecule has 6 nitrogen and oxygen atoms in total. The van der Waals surface area contributed by atoms with Gasteiger partial charge in [0.15, 0.2) is 0 Å². The fourth-order valence-electron chi connectivity index (χ4n) is 3.28. The predicted octanol–water partition coefficient (Wildman–Crippen LogP) is 1.25. The van der Waals surface area contributed by atoms with Crippen molar-refractivity contribution in [1.82, 2.24) is 15.5 Å². The zero-order valence-electron chi connectivity index (χ0n) is 13.7. The molecule has 0 aromatic carbocycles. The third kappa shape index (κ3) is 3.31. The first-order chi connectivity index (χ1) is 9.56. The molecule has 120 valence electrons. The van der Waals surface area contributed by atoms with Crippen molar-refractivity contribution in [3.05, 3.63) is 0 Å². The van der Waals surface area contributed by atoms with E-state index in [0.717, 1.165) is 0 Å². The van der Waals surface area contributed by atoms with Gasteiger partial charge in [-0.1, -0.05) is 0 Å². The van der Waals surface area contributed by atoms with Gasteiger partial charge >= 0.3 is 6.09 Å². The zero-order chi connectivity index (χ0) is 15.9. The first-order valence-electron chi connectivity index (χ1n) is 7.60. The molecule has 0 radical (unpaired) electrons. The first-order valence-corrected chi connectivity index (χ1v) is 7.60. The minimum atomic E-state index is -0.796. The molecule has 2 aliphatic rings. The second-order valence-electron chi connectivity index (χ2n) is 7.66. The molecule has 2 amide bonds. The fourth-order valence-corrected chi connectivity index (χ4v) is 3.28. The van der Waals surface area contributed by atoms with E-state index in [1.807, 2.05) is 20.8 Å². The molecule has 2 aliphatic heterocycles. The Bertz CT molecular complexity index is 442. The predicted molar refractivity (Wildman–Crippen MR) is 80.0 cm³/mol. The van der Waals surface area contributed by atoms with Gasteiger partial charge in [-0.3, -0.25) is 9.69 Å². The van der Waals surface area contributed by atoms with Crippen molar-refractivity contribution >= 4 is 12.0 Å². The average Bonchev–Trinajstić information content (AvgIpc) is 2.29. The summed E-state index contributed by atoms with van der Waals surface area (Å²) >= 11 is 0. The first kappa shape index (κ1) is 16.1.